The number of aliphatic hydroxyl groups excluding tert-OH is 1. The number of nitrogens with two attached hydrogens (primary N) is 1. The normalized spacial score (nSPS) is 8.57. The summed E-state index contributed by atoms with van der Waals surface area (Å²) in [4.78, 5) is 0. The van der Waals surface area contributed by atoms with E-state index >= 15 is 0 Å². The van der Waals surface area contributed by atoms with Crippen molar-refractivity contribution >= 4 is 29.6 Å². The molecule has 4 heteroatoms. The zero-order valence-corrected chi connectivity index (χ0v) is 3.46. The van der Waals surface area contributed by atoms with E-state index in [-0.39, 0.29) is 36.0 Å². The molecule has 0 heterocycles. The molecule has 7 heavy (non-hydrogen) atoms. The molecule has 3 nitrogen and oxygen atoms in total. The number of hydrogen-bond donors (Lipinski definition) is 3. The predicted octanol–water partition coefficient (Wildman–Crippen LogP) is -2.00. The van der Waals surface area contributed by atoms with E-state index in [0.717, 1.165) is 0 Å². The van der Waals surface area contributed by atoms with E-state index in [1.807, 2.05) is 0 Å². The Hall–Kier alpha value is 0.880. The Morgan fingerprint density at radius 3 is 1.86 bits per heavy atom. The summed E-state index contributed by atoms with van der Waals surface area (Å²) in [6.07, 6.45) is -0.963. The molecule has 0 spiro atoms. The van der Waals surface area contributed by atoms with Crippen molar-refractivity contribution in [2.75, 3.05) is 6.54 Å². The standard InChI is InChI=1S/C3H9NO2.Na.H/c4-2-1-3(5)6;;/h3,5-6H,1-2,4H2;;. The molecule has 0 unspecified atom stereocenters. The van der Waals surface area contributed by atoms with E-state index in [9.17, 15) is 0 Å². The molecule has 0 fully saturated rings. The van der Waals surface area contributed by atoms with E-state index in [1.165, 1.54) is 0 Å². The third-order valence-electron chi connectivity index (χ3n) is 0.425. The SMILES string of the molecule is NCCC(O)O.[NaH]. The zero-order chi connectivity index (χ0) is 4.99. The van der Waals surface area contributed by atoms with Crippen LogP contribution >= 0.6 is 0 Å². The van der Waals surface area contributed by atoms with Crippen molar-refractivity contribution < 1.29 is 10.2 Å². The second kappa shape index (κ2) is 6.88. The van der Waals surface area contributed by atoms with Gasteiger partial charge in [-0.1, -0.05) is 0 Å². The van der Waals surface area contributed by atoms with Crippen LogP contribution in [-0.2, 0) is 0 Å². The van der Waals surface area contributed by atoms with Crippen LogP contribution in [0.15, 0.2) is 0 Å². The monoisotopic (exact) mass is 115 g/mol. The molecule has 0 aromatic rings. The van der Waals surface area contributed by atoms with Gasteiger partial charge in [0.05, 0.1) is 0 Å². The number of rotatable bonds is 2. The first-order valence-corrected chi connectivity index (χ1v) is 1.83. The fourth-order valence-electron chi connectivity index (χ4n) is 0.149. The van der Waals surface area contributed by atoms with E-state index in [4.69, 9.17) is 15.9 Å². The van der Waals surface area contributed by atoms with Crippen LogP contribution in [0.5, 0.6) is 0 Å². The molecular weight excluding hydrogens is 105 g/mol. The minimum atomic E-state index is -1.23. The third kappa shape index (κ3) is 10.9. The Balaban J connectivity index is 0. The van der Waals surface area contributed by atoms with Crippen LogP contribution in [0.4, 0.5) is 0 Å². The van der Waals surface area contributed by atoms with Crippen molar-refractivity contribution in [1.29, 1.82) is 0 Å². The average molecular weight is 115 g/mol. The van der Waals surface area contributed by atoms with Crippen molar-refractivity contribution in [3.05, 3.63) is 0 Å². The molecule has 0 aromatic carbocycles. The summed E-state index contributed by atoms with van der Waals surface area (Å²) >= 11 is 0. The Bertz CT molecular complexity index is 34.1. The van der Waals surface area contributed by atoms with Crippen LogP contribution in [0.25, 0.3) is 0 Å². The number of hydrogen-bond acceptors (Lipinski definition) is 3. The summed E-state index contributed by atoms with van der Waals surface area (Å²) in [5.41, 5.74) is 4.91. The molecular formula is C3H10NNaO2. The van der Waals surface area contributed by atoms with Crippen LogP contribution in [-0.4, -0.2) is 52.6 Å². The van der Waals surface area contributed by atoms with Crippen LogP contribution in [0, 0.1) is 0 Å². The first-order chi connectivity index (χ1) is 2.77. The molecule has 0 aromatic heterocycles. The predicted molar refractivity (Wildman–Crippen MR) is 29.0 cm³/mol. The van der Waals surface area contributed by atoms with Gasteiger partial charge in [0, 0.05) is 6.42 Å². The van der Waals surface area contributed by atoms with Gasteiger partial charge < -0.3 is 15.9 Å². The molecule has 0 aliphatic rings. The molecule has 0 atom stereocenters. The van der Waals surface area contributed by atoms with Crippen LogP contribution in [0.3, 0.4) is 0 Å². The van der Waals surface area contributed by atoms with Crippen LogP contribution in [0.1, 0.15) is 6.42 Å². The zero-order valence-electron chi connectivity index (χ0n) is 3.46. The fraction of sp³-hybridized carbons (Fsp3) is 1.00. The Labute approximate surface area is 64.8 Å². The second-order valence-electron chi connectivity index (χ2n) is 1.06. The van der Waals surface area contributed by atoms with Gasteiger partial charge in [0.2, 0.25) is 0 Å². The maximum absolute atomic E-state index is 8.03. The van der Waals surface area contributed by atoms with E-state index in [1.54, 1.807) is 0 Å². The molecule has 40 valence electrons. The molecule has 0 rings (SSSR count). The van der Waals surface area contributed by atoms with E-state index in [0.29, 0.717) is 6.54 Å². The molecule has 0 saturated heterocycles. The van der Waals surface area contributed by atoms with Gasteiger partial charge in [0.25, 0.3) is 0 Å². The first kappa shape index (κ1) is 10.8. The summed E-state index contributed by atoms with van der Waals surface area (Å²) in [6.45, 7) is 0.331. The van der Waals surface area contributed by atoms with E-state index in [2.05, 4.69) is 0 Å². The van der Waals surface area contributed by atoms with Gasteiger partial charge in [-0.25, -0.2) is 0 Å². The van der Waals surface area contributed by atoms with Crippen LogP contribution < -0.4 is 5.73 Å². The van der Waals surface area contributed by atoms with Gasteiger partial charge in [-0.05, 0) is 6.54 Å². The fourth-order valence-corrected chi connectivity index (χ4v) is 0.149. The van der Waals surface area contributed by atoms with Gasteiger partial charge in [0.15, 0.2) is 6.29 Å². The molecule has 0 radical (unpaired) electrons. The summed E-state index contributed by atoms with van der Waals surface area (Å²) in [5, 5.41) is 16.1. The average Bonchev–Trinajstić information content (AvgIpc) is 1.35. The summed E-state index contributed by atoms with van der Waals surface area (Å²) < 4.78 is 0. The van der Waals surface area contributed by atoms with Crippen molar-refractivity contribution in [3.8, 4) is 0 Å². The molecule has 0 saturated carbocycles. The molecule has 0 amide bonds. The first-order valence-electron chi connectivity index (χ1n) is 1.83. The third-order valence-corrected chi connectivity index (χ3v) is 0.425. The summed E-state index contributed by atoms with van der Waals surface area (Å²) in [6, 6.07) is 0. The van der Waals surface area contributed by atoms with Gasteiger partial charge in [-0.15, -0.1) is 0 Å². The van der Waals surface area contributed by atoms with Crippen molar-refractivity contribution in [1.82, 2.24) is 0 Å². The van der Waals surface area contributed by atoms with Gasteiger partial charge in [-0.3, -0.25) is 0 Å². The van der Waals surface area contributed by atoms with Crippen molar-refractivity contribution in [2.24, 2.45) is 5.73 Å². The quantitative estimate of drug-likeness (QED) is 0.288. The maximum atomic E-state index is 8.03. The summed E-state index contributed by atoms with van der Waals surface area (Å²) in [5.74, 6) is 0. The van der Waals surface area contributed by atoms with Gasteiger partial charge in [0.1, 0.15) is 0 Å². The van der Waals surface area contributed by atoms with Crippen molar-refractivity contribution in [2.45, 2.75) is 12.7 Å². The Morgan fingerprint density at radius 1 is 1.43 bits per heavy atom. The topological polar surface area (TPSA) is 66.5 Å². The Kier molecular flexibility index (Phi) is 10.6. The van der Waals surface area contributed by atoms with Gasteiger partial charge in [-0.2, -0.15) is 0 Å². The van der Waals surface area contributed by atoms with Gasteiger partial charge >= 0.3 is 29.6 Å². The summed E-state index contributed by atoms with van der Waals surface area (Å²) in [7, 11) is 0. The number of aliphatic hydroxyl groups is 2. The van der Waals surface area contributed by atoms with Crippen LogP contribution in [0.2, 0.25) is 0 Å². The second-order valence-corrected chi connectivity index (χ2v) is 1.06. The van der Waals surface area contributed by atoms with E-state index < -0.39 is 6.29 Å². The molecule has 0 aliphatic heterocycles. The molecule has 0 bridgehead atoms. The van der Waals surface area contributed by atoms with Crippen molar-refractivity contribution in [3.63, 3.8) is 0 Å². The molecule has 0 aliphatic carbocycles. The minimum absolute atomic E-state index is 0. The molecule has 4 N–H and O–H groups in total. The Morgan fingerprint density at radius 2 is 1.86 bits per heavy atom.